The van der Waals surface area contributed by atoms with E-state index in [1.165, 1.54) is 6.07 Å². The van der Waals surface area contributed by atoms with E-state index in [1.807, 2.05) is 0 Å². The lowest BCUT2D eigenvalue weighted by atomic mass is 10.1. The number of benzene rings is 1. The van der Waals surface area contributed by atoms with Gasteiger partial charge in [0.1, 0.15) is 5.75 Å². The lowest BCUT2D eigenvalue weighted by Crippen LogP contribution is -1.99. The molecule has 76 valence electrons. The van der Waals surface area contributed by atoms with Crippen LogP contribution in [0.1, 0.15) is 29.6 Å². The van der Waals surface area contributed by atoms with Crippen molar-refractivity contribution in [1.29, 1.82) is 0 Å². The van der Waals surface area contributed by atoms with E-state index in [1.54, 1.807) is 18.2 Å². The summed E-state index contributed by atoms with van der Waals surface area (Å²) in [6.45, 7) is 0. The number of hydrogen-bond acceptors (Lipinski definition) is 2. The zero-order valence-electron chi connectivity index (χ0n) is 7.87. The molecule has 0 atom stereocenters. The molecule has 0 aliphatic rings. The van der Waals surface area contributed by atoms with E-state index in [9.17, 15) is 9.90 Å². The Morgan fingerprint density at radius 1 is 1.29 bits per heavy atom. The van der Waals surface area contributed by atoms with Gasteiger partial charge in [0.15, 0.2) is 5.78 Å². The Bertz CT molecular complexity index is 310. The molecule has 1 aromatic rings. The summed E-state index contributed by atoms with van der Waals surface area (Å²) >= 11 is 5.50. The fourth-order valence-electron chi connectivity index (χ4n) is 1.22. The SMILES string of the molecule is O=C(CCCCCl)c1ccccc1O. The van der Waals surface area contributed by atoms with Crippen molar-refractivity contribution in [3.63, 3.8) is 0 Å². The van der Waals surface area contributed by atoms with Crippen LogP contribution >= 0.6 is 11.6 Å². The summed E-state index contributed by atoms with van der Waals surface area (Å²) in [5.41, 5.74) is 0.405. The highest BCUT2D eigenvalue weighted by atomic mass is 35.5. The third kappa shape index (κ3) is 3.04. The Balaban J connectivity index is 2.56. The summed E-state index contributed by atoms with van der Waals surface area (Å²) in [6.07, 6.45) is 2.06. The minimum Gasteiger partial charge on any atom is -0.507 e. The van der Waals surface area contributed by atoms with E-state index in [0.717, 1.165) is 12.8 Å². The molecule has 0 heterocycles. The summed E-state index contributed by atoms with van der Waals surface area (Å²) in [6, 6.07) is 6.60. The molecule has 1 aromatic carbocycles. The van der Waals surface area contributed by atoms with Gasteiger partial charge in [0.2, 0.25) is 0 Å². The molecule has 0 saturated carbocycles. The van der Waals surface area contributed by atoms with Gasteiger partial charge in [-0.3, -0.25) is 4.79 Å². The zero-order chi connectivity index (χ0) is 10.4. The Morgan fingerprint density at radius 3 is 2.64 bits per heavy atom. The summed E-state index contributed by atoms with van der Waals surface area (Å²) in [4.78, 5) is 11.5. The van der Waals surface area contributed by atoms with E-state index in [4.69, 9.17) is 11.6 Å². The van der Waals surface area contributed by atoms with E-state index < -0.39 is 0 Å². The summed E-state index contributed by atoms with van der Waals surface area (Å²) in [5, 5.41) is 9.39. The number of alkyl halides is 1. The first-order valence-electron chi connectivity index (χ1n) is 4.63. The van der Waals surface area contributed by atoms with Gasteiger partial charge in [-0.05, 0) is 25.0 Å². The molecule has 0 aliphatic heterocycles. The monoisotopic (exact) mass is 212 g/mol. The van der Waals surface area contributed by atoms with Crippen LogP contribution in [0.3, 0.4) is 0 Å². The Morgan fingerprint density at radius 2 is 2.00 bits per heavy atom. The second-order valence-corrected chi connectivity index (χ2v) is 3.46. The molecule has 0 aliphatic carbocycles. The smallest absolute Gasteiger partial charge is 0.166 e. The van der Waals surface area contributed by atoms with Crippen molar-refractivity contribution in [2.24, 2.45) is 0 Å². The van der Waals surface area contributed by atoms with Crippen LogP contribution in [-0.4, -0.2) is 16.8 Å². The molecule has 0 amide bonds. The molecular formula is C11H13ClO2. The molecule has 0 saturated heterocycles. The predicted molar refractivity (Wildman–Crippen MR) is 57.0 cm³/mol. The number of aromatic hydroxyl groups is 1. The number of phenolic OH excluding ortho intramolecular Hbond substituents is 1. The van der Waals surface area contributed by atoms with E-state index >= 15 is 0 Å². The number of para-hydroxylation sites is 1. The number of unbranched alkanes of at least 4 members (excludes halogenated alkanes) is 1. The molecule has 1 N–H and O–H groups in total. The minimum absolute atomic E-state index is 0.0202. The number of halogens is 1. The van der Waals surface area contributed by atoms with Crippen LogP contribution in [0.4, 0.5) is 0 Å². The number of rotatable bonds is 5. The molecule has 0 radical (unpaired) electrons. The van der Waals surface area contributed by atoms with Crippen molar-refractivity contribution < 1.29 is 9.90 Å². The molecule has 14 heavy (non-hydrogen) atoms. The number of ketones is 1. The molecule has 0 aromatic heterocycles. The lowest BCUT2D eigenvalue weighted by molar-refractivity contribution is 0.0977. The van der Waals surface area contributed by atoms with Gasteiger partial charge in [-0.25, -0.2) is 0 Å². The van der Waals surface area contributed by atoms with Gasteiger partial charge in [0, 0.05) is 12.3 Å². The van der Waals surface area contributed by atoms with Crippen molar-refractivity contribution in [1.82, 2.24) is 0 Å². The highest BCUT2D eigenvalue weighted by Gasteiger charge is 2.08. The molecule has 0 bridgehead atoms. The maximum Gasteiger partial charge on any atom is 0.166 e. The third-order valence-electron chi connectivity index (χ3n) is 1.99. The van der Waals surface area contributed by atoms with Crippen molar-refractivity contribution >= 4 is 17.4 Å². The van der Waals surface area contributed by atoms with Crippen LogP contribution in [0.2, 0.25) is 0 Å². The fourth-order valence-corrected chi connectivity index (χ4v) is 1.41. The average Bonchev–Trinajstić information content (AvgIpc) is 2.18. The van der Waals surface area contributed by atoms with Crippen molar-refractivity contribution in [3.05, 3.63) is 29.8 Å². The lowest BCUT2D eigenvalue weighted by Gasteiger charge is -2.02. The number of carbonyl (C=O) groups excluding carboxylic acids is 1. The van der Waals surface area contributed by atoms with Crippen LogP contribution in [0.15, 0.2) is 24.3 Å². The fraction of sp³-hybridized carbons (Fsp3) is 0.364. The first-order chi connectivity index (χ1) is 6.75. The summed E-state index contributed by atoms with van der Waals surface area (Å²) in [5.74, 6) is 0.616. The second-order valence-electron chi connectivity index (χ2n) is 3.09. The molecule has 0 unspecified atom stereocenters. The summed E-state index contributed by atoms with van der Waals surface area (Å²) < 4.78 is 0. The standard InChI is InChI=1S/C11H13ClO2/c12-8-4-3-7-11(14)9-5-1-2-6-10(9)13/h1-2,5-6,13H,3-4,7-8H2. The average molecular weight is 213 g/mol. The molecule has 3 heteroatoms. The number of Topliss-reactive ketones (excluding diaryl/α,β-unsaturated/α-hetero) is 1. The van der Waals surface area contributed by atoms with Crippen LogP contribution in [0.25, 0.3) is 0 Å². The van der Waals surface area contributed by atoms with Gasteiger partial charge in [-0.1, -0.05) is 12.1 Å². The van der Waals surface area contributed by atoms with Crippen LogP contribution in [0, 0.1) is 0 Å². The molecular weight excluding hydrogens is 200 g/mol. The second kappa shape index (κ2) is 5.66. The number of carbonyl (C=O) groups is 1. The Hall–Kier alpha value is -1.02. The largest absolute Gasteiger partial charge is 0.507 e. The van der Waals surface area contributed by atoms with Gasteiger partial charge in [0.25, 0.3) is 0 Å². The van der Waals surface area contributed by atoms with Crippen molar-refractivity contribution in [2.45, 2.75) is 19.3 Å². The summed E-state index contributed by atoms with van der Waals surface area (Å²) in [7, 11) is 0. The van der Waals surface area contributed by atoms with Crippen molar-refractivity contribution in [3.8, 4) is 5.75 Å². The quantitative estimate of drug-likeness (QED) is 0.463. The molecule has 0 spiro atoms. The Labute approximate surface area is 88.5 Å². The molecule has 1 rings (SSSR count). The van der Waals surface area contributed by atoms with E-state index in [-0.39, 0.29) is 11.5 Å². The predicted octanol–water partition coefficient (Wildman–Crippen LogP) is 2.98. The molecule has 2 nitrogen and oxygen atoms in total. The maximum absolute atomic E-state index is 11.5. The van der Waals surface area contributed by atoms with E-state index in [2.05, 4.69) is 0 Å². The van der Waals surface area contributed by atoms with E-state index in [0.29, 0.717) is 17.9 Å². The van der Waals surface area contributed by atoms with Crippen LogP contribution in [-0.2, 0) is 0 Å². The van der Waals surface area contributed by atoms with Gasteiger partial charge in [-0.2, -0.15) is 0 Å². The van der Waals surface area contributed by atoms with Gasteiger partial charge in [-0.15, -0.1) is 11.6 Å². The number of phenols is 1. The van der Waals surface area contributed by atoms with Gasteiger partial charge < -0.3 is 5.11 Å². The zero-order valence-corrected chi connectivity index (χ0v) is 8.63. The van der Waals surface area contributed by atoms with Gasteiger partial charge >= 0.3 is 0 Å². The van der Waals surface area contributed by atoms with Crippen molar-refractivity contribution in [2.75, 3.05) is 5.88 Å². The normalized spacial score (nSPS) is 10.1. The van der Waals surface area contributed by atoms with Crippen LogP contribution in [0.5, 0.6) is 5.75 Å². The minimum atomic E-state index is -0.0202. The Kier molecular flexibility index (Phi) is 4.47. The highest BCUT2D eigenvalue weighted by Crippen LogP contribution is 2.18. The third-order valence-corrected chi connectivity index (χ3v) is 2.26. The first kappa shape index (κ1) is 11.1. The van der Waals surface area contributed by atoms with Gasteiger partial charge in [0.05, 0.1) is 5.56 Å². The maximum atomic E-state index is 11.5. The highest BCUT2D eigenvalue weighted by molar-refractivity contribution is 6.17. The number of hydrogen-bond donors (Lipinski definition) is 1. The van der Waals surface area contributed by atoms with Crippen LogP contribution < -0.4 is 0 Å². The molecule has 0 fully saturated rings. The topological polar surface area (TPSA) is 37.3 Å². The first-order valence-corrected chi connectivity index (χ1v) is 5.16.